The lowest BCUT2D eigenvalue weighted by molar-refractivity contribution is 0.0693. The smallest absolute Gasteiger partial charge is 0.337 e. The van der Waals surface area contributed by atoms with Crippen molar-refractivity contribution < 1.29 is 9.90 Å². The van der Waals surface area contributed by atoms with Gasteiger partial charge in [-0.15, -0.1) is 0 Å². The summed E-state index contributed by atoms with van der Waals surface area (Å²) in [4.78, 5) is 11.2. The molecule has 82 valence electrons. The first kappa shape index (κ1) is 11.0. The van der Waals surface area contributed by atoms with Crippen LogP contribution in [0, 0.1) is 11.3 Å². The minimum atomic E-state index is -1.07. The number of benzene rings is 1. The maximum atomic E-state index is 11.2. The number of aromatic carboxylic acids is 1. The molecule has 0 bridgehead atoms. The van der Waals surface area contributed by atoms with Crippen molar-refractivity contribution in [1.82, 2.24) is 0 Å². The van der Waals surface area contributed by atoms with Crippen molar-refractivity contribution in [2.24, 2.45) is 0 Å². The zero-order chi connectivity index (χ0) is 11.8. The molecular formula is C12H10ClNO2. The van der Waals surface area contributed by atoms with Crippen LogP contribution in [0.25, 0.3) is 0 Å². The average Bonchev–Trinajstić information content (AvgIpc) is 2.16. The molecule has 3 nitrogen and oxygen atoms in total. The van der Waals surface area contributed by atoms with E-state index in [9.17, 15) is 10.1 Å². The number of rotatable bonds is 2. The van der Waals surface area contributed by atoms with Gasteiger partial charge in [-0.3, -0.25) is 0 Å². The molecule has 1 aliphatic rings. The number of carbonyl (C=O) groups is 1. The third kappa shape index (κ3) is 1.46. The molecule has 1 saturated carbocycles. The standard InChI is InChI=1S/C12H10ClNO2/c13-9-4-1-3-8(10(9)11(15)16)12(7-14)5-2-6-12/h1,3-4H,2,5-6H2,(H,15,16). The Morgan fingerprint density at radius 1 is 1.50 bits per heavy atom. The second-order valence-corrected chi connectivity index (χ2v) is 4.42. The van der Waals surface area contributed by atoms with E-state index in [0.717, 1.165) is 6.42 Å². The Balaban J connectivity index is 2.61. The molecule has 1 aliphatic carbocycles. The lowest BCUT2D eigenvalue weighted by atomic mass is 9.64. The van der Waals surface area contributed by atoms with Gasteiger partial charge in [0, 0.05) is 0 Å². The van der Waals surface area contributed by atoms with Crippen LogP contribution >= 0.6 is 11.6 Å². The number of carboxylic acids is 1. The molecule has 1 aromatic carbocycles. The largest absolute Gasteiger partial charge is 0.478 e. The van der Waals surface area contributed by atoms with Crippen molar-refractivity contribution in [3.63, 3.8) is 0 Å². The van der Waals surface area contributed by atoms with Crippen LogP contribution in [0.2, 0.25) is 5.02 Å². The van der Waals surface area contributed by atoms with Gasteiger partial charge >= 0.3 is 5.97 Å². The van der Waals surface area contributed by atoms with Gasteiger partial charge in [0.05, 0.1) is 22.1 Å². The number of halogens is 1. The molecule has 1 aromatic rings. The second-order valence-electron chi connectivity index (χ2n) is 4.02. The summed E-state index contributed by atoms with van der Waals surface area (Å²) in [7, 11) is 0. The van der Waals surface area contributed by atoms with Gasteiger partial charge in [0.15, 0.2) is 0 Å². The van der Waals surface area contributed by atoms with E-state index in [4.69, 9.17) is 16.7 Å². The molecule has 0 unspecified atom stereocenters. The van der Waals surface area contributed by atoms with Crippen molar-refractivity contribution >= 4 is 17.6 Å². The zero-order valence-corrected chi connectivity index (χ0v) is 9.29. The van der Waals surface area contributed by atoms with Crippen molar-refractivity contribution in [3.8, 4) is 6.07 Å². The molecule has 1 fully saturated rings. The van der Waals surface area contributed by atoms with Crippen molar-refractivity contribution in [2.45, 2.75) is 24.7 Å². The quantitative estimate of drug-likeness (QED) is 0.857. The highest BCUT2D eigenvalue weighted by Crippen LogP contribution is 2.45. The van der Waals surface area contributed by atoms with Crippen LogP contribution in [0.4, 0.5) is 0 Å². The van der Waals surface area contributed by atoms with Crippen LogP contribution < -0.4 is 0 Å². The van der Waals surface area contributed by atoms with Crippen molar-refractivity contribution in [3.05, 3.63) is 34.3 Å². The molecule has 4 heteroatoms. The highest BCUT2D eigenvalue weighted by molar-refractivity contribution is 6.33. The SMILES string of the molecule is N#CC1(c2cccc(Cl)c2C(=O)O)CCC1. The summed E-state index contributed by atoms with van der Waals surface area (Å²) in [5, 5.41) is 18.5. The van der Waals surface area contributed by atoms with E-state index in [1.54, 1.807) is 12.1 Å². The van der Waals surface area contributed by atoms with E-state index in [1.807, 2.05) is 0 Å². The van der Waals surface area contributed by atoms with Gasteiger partial charge in [-0.25, -0.2) is 4.79 Å². The minimum absolute atomic E-state index is 0.0745. The Kier molecular flexibility index (Phi) is 2.61. The maximum Gasteiger partial charge on any atom is 0.337 e. The summed E-state index contributed by atoms with van der Waals surface area (Å²) >= 11 is 5.88. The normalized spacial score (nSPS) is 17.2. The summed E-state index contributed by atoms with van der Waals surface area (Å²) in [6, 6.07) is 7.16. The lowest BCUT2D eigenvalue weighted by Gasteiger charge is -2.36. The third-order valence-corrected chi connectivity index (χ3v) is 3.48. The fourth-order valence-corrected chi connectivity index (χ4v) is 2.37. The van der Waals surface area contributed by atoms with Crippen molar-refractivity contribution in [1.29, 1.82) is 5.26 Å². The van der Waals surface area contributed by atoms with E-state index in [0.29, 0.717) is 18.4 Å². The lowest BCUT2D eigenvalue weighted by Crippen LogP contribution is -2.34. The van der Waals surface area contributed by atoms with Crippen LogP contribution in [0.15, 0.2) is 18.2 Å². The summed E-state index contributed by atoms with van der Waals surface area (Å²) in [6.07, 6.45) is 2.38. The molecule has 0 spiro atoms. The molecule has 2 rings (SSSR count). The summed E-state index contributed by atoms with van der Waals surface area (Å²) in [5.41, 5.74) is -0.00908. The number of hydrogen-bond donors (Lipinski definition) is 1. The fraction of sp³-hybridized carbons (Fsp3) is 0.333. The molecule has 0 aliphatic heterocycles. The molecule has 1 N–H and O–H groups in total. The number of nitriles is 1. The first-order chi connectivity index (χ1) is 7.60. The highest BCUT2D eigenvalue weighted by Gasteiger charge is 2.42. The number of hydrogen-bond acceptors (Lipinski definition) is 2. The van der Waals surface area contributed by atoms with Gasteiger partial charge in [0.2, 0.25) is 0 Å². The molecule has 0 aromatic heterocycles. The summed E-state index contributed by atoms with van der Waals surface area (Å²) < 4.78 is 0. The molecular weight excluding hydrogens is 226 g/mol. The second kappa shape index (κ2) is 3.80. The van der Waals surface area contributed by atoms with Crippen LogP contribution in [0.1, 0.15) is 35.2 Å². The Bertz CT molecular complexity index is 486. The van der Waals surface area contributed by atoms with E-state index < -0.39 is 11.4 Å². The van der Waals surface area contributed by atoms with Crippen LogP contribution in [-0.4, -0.2) is 11.1 Å². The summed E-state index contributed by atoms with van der Waals surface area (Å²) in [6.45, 7) is 0. The van der Waals surface area contributed by atoms with Crippen molar-refractivity contribution in [2.75, 3.05) is 0 Å². The Hall–Kier alpha value is -1.53. The maximum absolute atomic E-state index is 11.2. The average molecular weight is 236 g/mol. The molecule has 0 saturated heterocycles. The van der Waals surface area contributed by atoms with Crippen LogP contribution in [-0.2, 0) is 5.41 Å². The summed E-state index contributed by atoms with van der Waals surface area (Å²) in [5.74, 6) is -1.07. The predicted molar refractivity (Wildman–Crippen MR) is 59.6 cm³/mol. The Morgan fingerprint density at radius 2 is 2.19 bits per heavy atom. The third-order valence-electron chi connectivity index (χ3n) is 3.16. The number of nitrogens with zero attached hydrogens (tertiary/aromatic N) is 1. The first-order valence-electron chi connectivity index (χ1n) is 5.04. The molecule has 16 heavy (non-hydrogen) atoms. The predicted octanol–water partition coefficient (Wildman–Crippen LogP) is 2.98. The van der Waals surface area contributed by atoms with E-state index in [2.05, 4.69) is 6.07 Å². The van der Waals surface area contributed by atoms with Crippen LogP contribution in [0.5, 0.6) is 0 Å². The van der Waals surface area contributed by atoms with Crippen LogP contribution in [0.3, 0.4) is 0 Å². The Morgan fingerprint density at radius 3 is 2.62 bits per heavy atom. The van der Waals surface area contributed by atoms with Gasteiger partial charge in [0.25, 0.3) is 0 Å². The van der Waals surface area contributed by atoms with E-state index >= 15 is 0 Å². The van der Waals surface area contributed by atoms with E-state index in [1.165, 1.54) is 6.07 Å². The monoisotopic (exact) mass is 235 g/mol. The molecule has 0 heterocycles. The topological polar surface area (TPSA) is 61.1 Å². The van der Waals surface area contributed by atoms with Gasteiger partial charge in [-0.1, -0.05) is 23.7 Å². The highest BCUT2D eigenvalue weighted by atomic mass is 35.5. The number of carboxylic acid groups (broad SMARTS) is 1. The first-order valence-corrected chi connectivity index (χ1v) is 5.42. The fourth-order valence-electron chi connectivity index (χ4n) is 2.11. The van der Waals surface area contributed by atoms with Gasteiger partial charge in [-0.05, 0) is 30.9 Å². The zero-order valence-electron chi connectivity index (χ0n) is 8.53. The molecule has 0 amide bonds. The molecule has 0 atom stereocenters. The van der Waals surface area contributed by atoms with Gasteiger partial charge < -0.3 is 5.11 Å². The van der Waals surface area contributed by atoms with Gasteiger partial charge in [-0.2, -0.15) is 5.26 Å². The van der Waals surface area contributed by atoms with E-state index in [-0.39, 0.29) is 10.6 Å². The molecule has 0 radical (unpaired) electrons. The Labute approximate surface area is 98.3 Å². The minimum Gasteiger partial charge on any atom is -0.478 e. The van der Waals surface area contributed by atoms with Gasteiger partial charge in [0.1, 0.15) is 0 Å².